The number of rotatable bonds is 2. The second-order valence-electron chi connectivity index (χ2n) is 4.45. The quantitative estimate of drug-likeness (QED) is 0.685. The van der Waals surface area contributed by atoms with Crippen molar-refractivity contribution in [1.82, 2.24) is 14.5 Å². The van der Waals surface area contributed by atoms with Gasteiger partial charge < -0.3 is 25.3 Å². The predicted octanol–water partition coefficient (Wildman–Crippen LogP) is 0.308. The molecule has 1 saturated heterocycles. The monoisotopic (exact) mass is 284 g/mol. The van der Waals surface area contributed by atoms with Crippen molar-refractivity contribution in [3.05, 3.63) is 17.5 Å². The molecule has 2 aromatic rings. The van der Waals surface area contributed by atoms with E-state index in [1.165, 1.54) is 0 Å². The summed E-state index contributed by atoms with van der Waals surface area (Å²) in [6.45, 7) is -0.228. The number of hydrogen-bond donors (Lipinski definition) is 3. The molecule has 3 rings (SSSR count). The highest BCUT2D eigenvalue weighted by Crippen LogP contribution is 2.33. The summed E-state index contributed by atoms with van der Waals surface area (Å²) in [6.07, 6.45) is 0.427. The summed E-state index contributed by atoms with van der Waals surface area (Å²) in [4.78, 5) is 7.98. The van der Waals surface area contributed by atoms with Crippen LogP contribution in [0, 0.1) is 0 Å². The van der Waals surface area contributed by atoms with Crippen molar-refractivity contribution < 1.29 is 14.9 Å². The van der Waals surface area contributed by atoms with Crippen LogP contribution in [0.1, 0.15) is 12.6 Å². The minimum Gasteiger partial charge on any atom is -0.394 e. The molecule has 2 aromatic heterocycles. The number of ether oxygens (including phenoxy) is 1. The molecule has 0 amide bonds. The largest absolute Gasteiger partial charge is 0.394 e. The summed E-state index contributed by atoms with van der Waals surface area (Å²) < 4.78 is 7.33. The van der Waals surface area contributed by atoms with Gasteiger partial charge in [-0.05, 0) is 17.7 Å². The van der Waals surface area contributed by atoms with E-state index >= 15 is 0 Å². The van der Waals surface area contributed by atoms with E-state index in [0.717, 1.165) is 0 Å². The van der Waals surface area contributed by atoms with Crippen molar-refractivity contribution in [3.63, 3.8) is 0 Å². The predicted molar refractivity (Wildman–Crippen MR) is 68.6 cm³/mol. The highest BCUT2D eigenvalue weighted by molar-refractivity contribution is 6.28. The number of aliphatic hydroxyl groups is 2. The van der Waals surface area contributed by atoms with Gasteiger partial charge in [-0.1, -0.05) is 0 Å². The third-order valence-electron chi connectivity index (χ3n) is 3.26. The van der Waals surface area contributed by atoms with Crippen molar-refractivity contribution >= 4 is 28.5 Å². The Labute approximate surface area is 113 Å². The van der Waals surface area contributed by atoms with E-state index in [2.05, 4.69) is 9.97 Å². The molecular weight excluding hydrogens is 272 g/mol. The van der Waals surface area contributed by atoms with Gasteiger partial charge in [0.2, 0.25) is 5.28 Å². The van der Waals surface area contributed by atoms with Gasteiger partial charge in [-0.15, -0.1) is 0 Å². The summed E-state index contributed by atoms with van der Waals surface area (Å²) in [5, 5.41) is 18.9. The van der Waals surface area contributed by atoms with Crippen molar-refractivity contribution in [2.75, 3.05) is 12.3 Å². The first-order valence-corrected chi connectivity index (χ1v) is 6.22. The number of nitrogen functional groups attached to an aromatic ring is 1. The molecular formula is C11H13ClN4O3. The highest BCUT2D eigenvalue weighted by atomic mass is 35.5. The molecule has 3 atom stereocenters. The fraction of sp³-hybridized carbons (Fsp3) is 0.455. The first kappa shape index (κ1) is 12.6. The topological polar surface area (TPSA) is 106 Å². The average Bonchev–Trinajstić information content (AvgIpc) is 2.92. The van der Waals surface area contributed by atoms with Gasteiger partial charge in [0, 0.05) is 12.6 Å². The fourth-order valence-corrected chi connectivity index (χ4v) is 2.54. The Morgan fingerprint density at radius 2 is 2.32 bits per heavy atom. The van der Waals surface area contributed by atoms with Crippen LogP contribution >= 0.6 is 11.6 Å². The third-order valence-corrected chi connectivity index (χ3v) is 3.43. The van der Waals surface area contributed by atoms with E-state index in [1.807, 2.05) is 0 Å². The van der Waals surface area contributed by atoms with Gasteiger partial charge >= 0.3 is 0 Å². The molecule has 8 heteroatoms. The molecule has 0 aliphatic carbocycles. The Bertz CT molecular complexity index is 617. The number of aromatic nitrogens is 3. The number of nitrogens with two attached hydrogens (primary N) is 1. The van der Waals surface area contributed by atoms with Crippen molar-refractivity contribution in [1.29, 1.82) is 0 Å². The van der Waals surface area contributed by atoms with Crippen molar-refractivity contribution in [3.8, 4) is 0 Å². The van der Waals surface area contributed by atoms with Crippen molar-refractivity contribution in [2.24, 2.45) is 0 Å². The zero-order chi connectivity index (χ0) is 13.6. The molecule has 1 fully saturated rings. The number of hydrogen-bond acceptors (Lipinski definition) is 6. The molecule has 0 unspecified atom stereocenters. The van der Waals surface area contributed by atoms with Crippen LogP contribution < -0.4 is 5.73 Å². The molecule has 19 heavy (non-hydrogen) atoms. The molecule has 0 saturated carbocycles. The van der Waals surface area contributed by atoms with E-state index in [0.29, 0.717) is 17.5 Å². The van der Waals surface area contributed by atoms with Crippen molar-refractivity contribution in [2.45, 2.75) is 24.9 Å². The Balaban J connectivity index is 2.03. The zero-order valence-electron chi connectivity index (χ0n) is 9.90. The van der Waals surface area contributed by atoms with E-state index in [1.54, 1.807) is 16.8 Å². The lowest BCUT2D eigenvalue weighted by atomic mass is 10.2. The van der Waals surface area contributed by atoms with Gasteiger partial charge in [0.15, 0.2) is 5.82 Å². The number of nitrogens with zero attached hydrogens (tertiary/aromatic N) is 3. The Hall–Kier alpha value is -1.41. The van der Waals surface area contributed by atoms with Gasteiger partial charge in [0.05, 0.1) is 18.2 Å². The van der Waals surface area contributed by atoms with Crippen LogP contribution in [0.15, 0.2) is 12.3 Å². The lowest BCUT2D eigenvalue weighted by Gasteiger charge is -2.15. The minimum atomic E-state index is -0.707. The van der Waals surface area contributed by atoms with Crippen LogP contribution in [0.5, 0.6) is 0 Å². The smallest absolute Gasteiger partial charge is 0.225 e. The maximum absolute atomic E-state index is 9.76. The summed E-state index contributed by atoms with van der Waals surface area (Å²) in [5.41, 5.74) is 7.07. The zero-order valence-corrected chi connectivity index (χ0v) is 10.7. The van der Waals surface area contributed by atoms with Crippen LogP contribution in [-0.4, -0.2) is 43.6 Å². The van der Waals surface area contributed by atoms with Crippen LogP contribution in [0.2, 0.25) is 5.28 Å². The van der Waals surface area contributed by atoms with Crippen LogP contribution in [0.25, 0.3) is 11.0 Å². The molecule has 3 heterocycles. The molecule has 0 spiro atoms. The third kappa shape index (κ3) is 2.04. The van der Waals surface area contributed by atoms with E-state index in [9.17, 15) is 5.11 Å². The van der Waals surface area contributed by atoms with Gasteiger partial charge in [0.25, 0.3) is 0 Å². The average molecular weight is 285 g/mol. The summed E-state index contributed by atoms with van der Waals surface area (Å²) in [5.74, 6) is 0.255. The maximum Gasteiger partial charge on any atom is 0.225 e. The second kappa shape index (κ2) is 4.61. The number of aliphatic hydroxyl groups excluding tert-OH is 2. The fourth-order valence-electron chi connectivity index (χ4n) is 2.36. The number of halogens is 1. The standard InChI is InChI=1S/C11H13ClN4O3/c12-11-14-5-1-2-16(9(5)10(13)15-11)8-3-6(18)7(4-17)19-8/h1-2,6-8,17-18H,3-4H2,(H2,13,14,15)/t6-,7+,8+/m0/s1. The van der Waals surface area contributed by atoms with Gasteiger partial charge in [-0.2, -0.15) is 4.98 Å². The minimum absolute atomic E-state index is 0.0864. The summed E-state index contributed by atoms with van der Waals surface area (Å²) >= 11 is 5.75. The van der Waals surface area contributed by atoms with Crippen LogP contribution in [0.3, 0.4) is 0 Å². The molecule has 0 radical (unpaired) electrons. The molecule has 0 bridgehead atoms. The molecule has 1 aliphatic rings. The SMILES string of the molecule is Nc1nc(Cl)nc2ccn([C@H]3C[C@H](O)[C@@H](CO)O3)c12. The van der Waals surface area contributed by atoms with E-state index in [-0.39, 0.29) is 17.7 Å². The van der Waals surface area contributed by atoms with Gasteiger partial charge in [-0.3, -0.25) is 0 Å². The van der Waals surface area contributed by atoms with Crippen LogP contribution in [0.4, 0.5) is 5.82 Å². The van der Waals surface area contributed by atoms with Gasteiger partial charge in [-0.25, -0.2) is 4.98 Å². The normalized spacial score (nSPS) is 27.2. The maximum atomic E-state index is 9.76. The summed E-state index contributed by atoms with van der Waals surface area (Å²) in [7, 11) is 0. The highest BCUT2D eigenvalue weighted by Gasteiger charge is 2.35. The molecule has 102 valence electrons. The lowest BCUT2D eigenvalue weighted by Crippen LogP contribution is -2.24. The molecule has 1 aliphatic heterocycles. The first-order chi connectivity index (χ1) is 9.10. The molecule has 7 nitrogen and oxygen atoms in total. The molecule has 0 aromatic carbocycles. The Kier molecular flexibility index (Phi) is 3.06. The second-order valence-corrected chi connectivity index (χ2v) is 4.79. The van der Waals surface area contributed by atoms with Gasteiger partial charge in [0.1, 0.15) is 17.8 Å². The number of fused-ring (bicyclic) bond motifs is 1. The van der Waals surface area contributed by atoms with E-state index in [4.69, 9.17) is 27.2 Å². The first-order valence-electron chi connectivity index (χ1n) is 5.84. The molecule has 4 N–H and O–H groups in total. The Morgan fingerprint density at radius 3 is 3.00 bits per heavy atom. The van der Waals surface area contributed by atoms with E-state index < -0.39 is 18.4 Å². The lowest BCUT2D eigenvalue weighted by molar-refractivity contribution is -0.0428. The summed E-state index contributed by atoms with van der Waals surface area (Å²) in [6, 6.07) is 1.75. The number of anilines is 1. The van der Waals surface area contributed by atoms with Crippen LogP contribution in [-0.2, 0) is 4.74 Å². The Morgan fingerprint density at radius 1 is 1.53 bits per heavy atom.